The number of carbonyl (C=O) groups excluding carboxylic acids is 1. The van der Waals surface area contributed by atoms with Crippen molar-refractivity contribution in [1.82, 2.24) is 4.98 Å². The van der Waals surface area contributed by atoms with Crippen LogP contribution in [0.4, 0.5) is 5.69 Å². The number of pyridine rings is 1. The molecule has 1 aromatic rings. The van der Waals surface area contributed by atoms with Gasteiger partial charge in [0, 0.05) is 6.20 Å². The standard InChI is InChI=1S/C10H14ClN3O/c1-6(2)8(12)10(15)14-7-4-3-5-13-9(7)11/h3-6,8H,12H2,1-2H3,(H,14,15)/t8-/m1/s1. The predicted octanol–water partition coefficient (Wildman–Crippen LogP) is 1.66. The maximum atomic E-state index is 11.6. The number of nitrogens with one attached hydrogen (secondary N) is 1. The monoisotopic (exact) mass is 227 g/mol. The van der Waals surface area contributed by atoms with Gasteiger partial charge in [-0.2, -0.15) is 0 Å². The Kier molecular flexibility index (Phi) is 4.05. The van der Waals surface area contributed by atoms with Gasteiger partial charge in [-0.3, -0.25) is 4.79 Å². The van der Waals surface area contributed by atoms with Crippen molar-refractivity contribution in [2.24, 2.45) is 11.7 Å². The molecule has 0 radical (unpaired) electrons. The summed E-state index contributed by atoms with van der Waals surface area (Å²) in [5.74, 6) is -0.166. The summed E-state index contributed by atoms with van der Waals surface area (Å²) in [6.07, 6.45) is 1.56. The molecular weight excluding hydrogens is 214 g/mol. The first-order valence-electron chi connectivity index (χ1n) is 4.69. The zero-order valence-corrected chi connectivity index (χ0v) is 9.45. The average molecular weight is 228 g/mol. The molecule has 1 rings (SSSR count). The topological polar surface area (TPSA) is 68.0 Å². The maximum absolute atomic E-state index is 11.6. The van der Waals surface area contributed by atoms with Crippen molar-refractivity contribution >= 4 is 23.2 Å². The summed E-state index contributed by atoms with van der Waals surface area (Å²) in [5, 5.41) is 2.90. The molecule has 0 fully saturated rings. The van der Waals surface area contributed by atoms with E-state index < -0.39 is 6.04 Å². The number of halogens is 1. The van der Waals surface area contributed by atoms with E-state index >= 15 is 0 Å². The molecule has 0 aliphatic carbocycles. The van der Waals surface area contributed by atoms with Crippen molar-refractivity contribution < 1.29 is 4.79 Å². The minimum atomic E-state index is -0.540. The van der Waals surface area contributed by atoms with E-state index in [9.17, 15) is 4.79 Å². The zero-order valence-electron chi connectivity index (χ0n) is 8.70. The third-order valence-corrected chi connectivity index (χ3v) is 2.34. The van der Waals surface area contributed by atoms with Gasteiger partial charge in [0.05, 0.1) is 11.7 Å². The molecule has 0 bridgehead atoms. The van der Waals surface area contributed by atoms with E-state index in [1.165, 1.54) is 0 Å². The third-order valence-electron chi connectivity index (χ3n) is 2.04. The molecule has 3 N–H and O–H groups in total. The van der Waals surface area contributed by atoms with Gasteiger partial charge in [0.15, 0.2) is 5.15 Å². The Morgan fingerprint density at radius 2 is 2.27 bits per heavy atom. The van der Waals surface area contributed by atoms with Gasteiger partial charge in [0.2, 0.25) is 5.91 Å². The van der Waals surface area contributed by atoms with Crippen molar-refractivity contribution in [3.8, 4) is 0 Å². The molecule has 1 atom stereocenters. The third kappa shape index (κ3) is 3.18. The highest BCUT2D eigenvalue weighted by Crippen LogP contribution is 2.17. The first-order chi connectivity index (χ1) is 7.02. The van der Waals surface area contributed by atoms with Gasteiger partial charge >= 0.3 is 0 Å². The number of nitrogens with zero attached hydrogens (tertiary/aromatic N) is 1. The van der Waals surface area contributed by atoms with Gasteiger partial charge in [0.1, 0.15) is 0 Å². The maximum Gasteiger partial charge on any atom is 0.241 e. The van der Waals surface area contributed by atoms with Crippen LogP contribution < -0.4 is 11.1 Å². The molecular formula is C10H14ClN3O. The number of anilines is 1. The van der Waals surface area contributed by atoms with Crippen molar-refractivity contribution in [3.63, 3.8) is 0 Å². The van der Waals surface area contributed by atoms with Crippen LogP contribution in [0.1, 0.15) is 13.8 Å². The molecule has 0 saturated carbocycles. The fourth-order valence-electron chi connectivity index (χ4n) is 0.998. The van der Waals surface area contributed by atoms with Crippen LogP contribution >= 0.6 is 11.6 Å². The highest BCUT2D eigenvalue weighted by molar-refractivity contribution is 6.32. The Hall–Kier alpha value is -1.13. The quantitative estimate of drug-likeness (QED) is 0.772. The fraction of sp³-hybridized carbons (Fsp3) is 0.400. The number of nitrogens with two attached hydrogens (primary N) is 1. The Morgan fingerprint density at radius 1 is 1.60 bits per heavy atom. The number of amides is 1. The summed E-state index contributed by atoms with van der Waals surface area (Å²) in [7, 11) is 0. The molecule has 0 spiro atoms. The second kappa shape index (κ2) is 5.09. The van der Waals surface area contributed by atoms with Crippen LogP contribution in [0, 0.1) is 5.92 Å². The number of rotatable bonds is 3. The van der Waals surface area contributed by atoms with Crippen LogP contribution in [0.2, 0.25) is 5.15 Å². The summed E-state index contributed by atoms with van der Waals surface area (Å²) >= 11 is 5.79. The number of hydrogen-bond acceptors (Lipinski definition) is 3. The van der Waals surface area contributed by atoms with Gasteiger partial charge < -0.3 is 11.1 Å². The predicted molar refractivity (Wildman–Crippen MR) is 60.7 cm³/mol. The van der Waals surface area contributed by atoms with Crippen LogP contribution in [0.3, 0.4) is 0 Å². The molecule has 4 nitrogen and oxygen atoms in total. The van der Waals surface area contributed by atoms with Crippen LogP contribution in [0.15, 0.2) is 18.3 Å². The number of hydrogen-bond donors (Lipinski definition) is 2. The lowest BCUT2D eigenvalue weighted by atomic mass is 10.1. The summed E-state index contributed by atoms with van der Waals surface area (Å²) in [6, 6.07) is 2.84. The molecule has 0 aliphatic heterocycles. The lowest BCUT2D eigenvalue weighted by Gasteiger charge is -2.15. The second-order valence-electron chi connectivity index (χ2n) is 3.60. The first-order valence-corrected chi connectivity index (χ1v) is 5.07. The molecule has 0 aliphatic rings. The SMILES string of the molecule is CC(C)[C@@H](N)C(=O)Nc1cccnc1Cl. The minimum absolute atomic E-state index is 0.0837. The lowest BCUT2D eigenvalue weighted by Crippen LogP contribution is -2.39. The van der Waals surface area contributed by atoms with E-state index in [1.807, 2.05) is 13.8 Å². The van der Waals surface area contributed by atoms with Gasteiger partial charge in [0.25, 0.3) is 0 Å². The average Bonchev–Trinajstić information content (AvgIpc) is 2.20. The summed E-state index contributed by atoms with van der Waals surface area (Å²) in [4.78, 5) is 15.4. The van der Waals surface area contributed by atoms with Crippen molar-refractivity contribution in [2.75, 3.05) is 5.32 Å². The van der Waals surface area contributed by atoms with E-state index in [-0.39, 0.29) is 17.0 Å². The van der Waals surface area contributed by atoms with Crippen molar-refractivity contribution in [1.29, 1.82) is 0 Å². The van der Waals surface area contributed by atoms with Gasteiger partial charge in [-0.05, 0) is 18.1 Å². The number of aromatic nitrogens is 1. The minimum Gasteiger partial charge on any atom is -0.322 e. The molecule has 0 aromatic carbocycles. The highest BCUT2D eigenvalue weighted by Gasteiger charge is 2.17. The van der Waals surface area contributed by atoms with E-state index in [1.54, 1.807) is 18.3 Å². The Morgan fingerprint density at radius 3 is 2.80 bits per heavy atom. The Balaban J connectivity index is 2.71. The molecule has 1 heterocycles. The lowest BCUT2D eigenvalue weighted by molar-refractivity contribution is -0.118. The molecule has 0 unspecified atom stereocenters. The van der Waals surface area contributed by atoms with E-state index in [0.29, 0.717) is 5.69 Å². The van der Waals surface area contributed by atoms with Crippen molar-refractivity contribution in [2.45, 2.75) is 19.9 Å². The first kappa shape index (κ1) is 11.9. The molecule has 5 heteroatoms. The molecule has 15 heavy (non-hydrogen) atoms. The Labute approximate surface area is 93.8 Å². The number of carbonyl (C=O) groups is 1. The van der Waals surface area contributed by atoms with Crippen molar-refractivity contribution in [3.05, 3.63) is 23.5 Å². The molecule has 0 saturated heterocycles. The Bertz CT molecular complexity index is 354. The van der Waals surface area contributed by atoms with Gasteiger partial charge in [-0.15, -0.1) is 0 Å². The highest BCUT2D eigenvalue weighted by atomic mass is 35.5. The van der Waals surface area contributed by atoms with Crippen LogP contribution in [0.5, 0.6) is 0 Å². The van der Waals surface area contributed by atoms with Gasteiger partial charge in [-0.1, -0.05) is 25.4 Å². The normalized spacial score (nSPS) is 12.6. The summed E-state index contributed by atoms with van der Waals surface area (Å²) in [5.41, 5.74) is 6.17. The molecule has 1 amide bonds. The van der Waals surface area contributed by atoms with Crippen LogP contribution in [-0.2, 0) is 4.79 Å². The van der Waals surface area contributed by atoms with Crippen LogP contribution in [0.25, 0.3) is 0 Å². The van der Waals surface area contributed by atoms with Crippen LogP contribution in [-0.4, -0.2) is 16.9 Å². The fourth-order valence-corrected chi connectivity index (χ4v) is 1.16. The van der Waals surface area contributed by atoms with E-state index in [0.717, 1.165) is 0 Å². The molecule has 82 valence electrons. The van der Waals surface area contributed by atoms with E-state index in [4.69, 9.17) is 17.3 Å². The smallest absolute Gasteiger partial charge is 0.241 e. The second-order valence-corrected chi connectivity index (χ2v) is 3.96. The largest absolute Gasteiger partial charge is 0.322 e. The zero-order chi connectivity index (χ0) is 11.4. The summed E-state index contributed by atoms with van der Waals surface area (Å²) in [6.45, 7) is 3.77. The van der Waals surface area contributed by atoms with Gasteiger partial charge in [-0.25, -0.2) is 4.98 Å². The molecule has 1 aromatic heterocycles. The summed E-state index contributed by atoms with van der Waals surface area (Å²) < 4.78 is 0. The van der Waals surface area contributed by atoms with E-state index in [2.05, 4.69) is 10.3 Å².